The third kappa shape index (κ3) is 6.55. The van der Waals surface area contributed by atoms with Crippen LogP contribution < -0.4 is 14.4 Å². The van der Waals surface area contributed by atoms with Gasteiger partial charge in [-0.15, -0.1) is 0 Å². The molecule has 2 heterocycles. The number of halogens is 3. The van der Waals surface area contributed by atoms with Crippen molar-refractivity contribution in [3.05, 3.63) is 76.6 Å². The van der Waals surface area contributed by atoms with Crippen molar-refractivity contribution in [3.8, 4) is 11.5 Å². The lowest BCUT2D eigenvalue weighted by atomic mass is 10.2. The Morgan fingerprint density at radius 3 is 2.43 bits per heavy atom. The Bertz CT molecular complexity index is 1170. The van der Waals surface area contributed by atoms with Crippen molar-refractivity contribution in [3.63, 3.8) is 0 Å². The fourth-order valence-corrected chi connectivity index (χ4v) is 3.73. The SMILES string of the molecule is O=C(O)c1cnc(N2CCN(CCOc3ccc(F)cc3)CC2)nc1COc1ccc(F)c(Cl)c1. The Balaban J connectivity index is 1.33. The first-order valence-corrected chi connectivity index (χ1v) is 11.3. The Morgan fingerprint density at radius 1 is 1.03 bits per heavy atom. The van der Waals surface area contributed by atoms with Crippen LogP contribution in [-0.2, 0) is 6.61 Å². The van der Waals surface area contributed by atoms with Gasteiger partial charge in [0.2, 0.25) is 5.95 Å². The number of ether oxygens (including phenoxy) is 2. The number of carboxylic acids is 1. The molecule has 1 aliphatic heterocycles. The molecule has 0 radical (unpaired) electrons. The number of benzene rings is 2. The molecule has 0 bridgehead atoms. The molecule has 11 heteroatoms. The lowest BCUT2D eigenvalue weighted by Crippen LogP contribution is -2.48. The maximum atomic E-state index is 13.4. The van der Waals surface area contributed by atoms with Crippen molar-refractivity contribution in [1.82, 2.24) is 14.9 Å². The Kier molecular flexibility index (Phi) is 7.94. The van der Waals surface area contributed by atoms with E-state index in [9.17, 15) is 18.7 Å². The highest BCUT2D eigenvalue weighted by Crippen LogP contribution is 2.23. The number of carboxylic acid groups (broad SMARTS) is 1. The second-order valence-electron chi connectivity index (χ2n) is 7.83. The molecular weight excluding hydrogens is 482 g/mol. The van der Waals surface area contributed by atoms with Gasteiger partial charge in [0.05, 0.1) is 10.7 Å². The molecule has 1 N–H and O–H groups in total. The number of hydrogen-bond acceptors (Lipinski definition) is 7. The fourth-order valence-electron chi connectivity index (χ4n) is 3.56. The highest BCUT2D eigenvalue weighted by atomic mass is 35.5. The van der Waals surface area contributed by atoms with E-state index in [-0.39, 0.29) is 28.7 Å². The van der Waals surface area contributed by atoms with Gasteiger partial charge in [-0.25, -0.2) is 23.5 Å². The monoisotopic (exact) mass is 504 g/mol. The quantitative estimate of drug-likeness (QED) is 0.469. The van der Waals surface area contributed by atoms with Crippen LogP contribution in [0.15, 0.2) is 48.7 Å². The maximum Gasteiger partial charge on any atom is 0.339 e. The molecule has 0 spiro atoms. The van der Waals surface area contributed by atoms with Crippen LogP contribution in [0.5, 0.6) is 11.5 Å². The van der Waals surface area contributed by atoms with Gasteiger partial charge in [0, 0.05) is 45.0 Å². The molecule has 0 aliphatic carbocycles. The number of rotatable bonds is 9. The van der Waals surface area contributed by atoms with Gasteiger partial charge in [0.1, 0.15) is 41.9 Å². The highest BCUT2D eigenvalue weighted by molar-refractivity contribution is 6.30. The molecule has 4 rings (SSSR count). The summed E-state index contributed by atoms with van der Waals surface area (Å²) in [5.41, 5.74) is 0.136. The van der Waals surface area contributed by atoms with Gasteiger partial charge < -0.3 is 19.5 Å². The van der Waals surface area contributed by atoms with Gasteiger partial charge in [-0.3, -0.25) is 4.90 Å². The highest BCUT2D eigenvalue weighted by Gasteiger charge is 2.22. The molecule has 0 unspecified atom stereocenters. The van der Waals surface area contributed by atoms with Crippen molar-refractivity contribution in [2.75, 3.05) is 44.2 Å². The zero-order valence-corrected chi connectivity index (χ0v) is 19.4. The number of aromatic nitrogens is 2. The second kappa shape index (κ2) is 11.3. The molecule has 184 valence electrons. The molecule has 3 aromatic rings. The van der Waals surface area contributed by atoms with Gasteiger partial charge in [-0.1, -0.05) is 11.6 Å². The minimum atomic E-state index is -1.17. The van der Waals surface area contributed by atoms with Gasteiger partial charge in [-0.2, -0.15) is 0 Å². The first-order valence-electron chi connectivity index (χ1n) is 10.9. The molecule has 0 amide bonds. The largest absolute Gasteiger partial charge is 0.492 e. The lowest BCUT2D eigenvalue weighted by molar-refractivity contribution is 0.0692. The summed E-state index contributed by atoms with van der Waals surface area (Å²) in [6, 6.07) is 9.80. The van der Waals surface area contributed by atoms with Crippen molar-refractivity contribution >= 4 is 23.5 Å². The maximum absolute atomic E-state index is 13.4. The number of anilines is 1. The second-order valence-corrected chi connectivity index (χ2v) is 8.24. The molecular formula is C24H23ClF2N4O4. The predicted octanol–water partition coefficient (Wildman–Crippen LogP) is 3.89. The third-order valence-electron chi connectivity index (χ3n) is 5.50. The van der Waals surface area contributed by atoms with Crippen LogP contribution in [0.25, 0.3) is 0 Å². The molecule has 0 atom stereocenters. The first kappa shape index (κ1) is 24.6. The molecule has 35 heavy (non-hydrogen) atoms. The smallest absolute Gasteiger partial charge is 0.339 e. The topological polar surface area (TPSA) is 88.0 Å². The summed E-state index contributed by atoms with van der Waals surface area (Å²) in [4.78, 5) is 24.5. The lowest BCUT2D eigenvalue weighted by Gasteiger charge is -2.34. The van der Waals surface area contributed by atoms with E-state index in [1.165, 1.54) is 36.5 Å². The number of carbonyl (C=O) groups is 1. The summed E-state index contributed by atoms with van der Waals surface area (Å²) in [6.07, 6.45) is 1.27. The average Bonchev–Trinajstić information content (AvgIpc) is 2.86. The van der Waals surface area contributed by atoms with E-state index >= 15 is 0 Å². The predicted molar refractivity (Wildman–Crippen MR) is 125 cm³/mol. The standard InChI is InChI=1S/C24H23ClF2N4O4/c25-20-13-18(5-6-21(20)27)35-15-22-19(23(32)33)14-28-24(29-22)31-9-7-30(8-10-31)11-12-34-17-3-1-16(26)2-4-17/h1-6,13-14H,7-12,15H2,(H,32,33). The van der Waals surface area contributed by atoms with Gasteiger partial charge in [-0.05, 0) is 36.4 Å². The minimum Gasteiger partial charge on any atom is -0.492 e. The number of nitrogens with zero attached hydrogens (tertiary/aromatic N) is 4. The first-order chi connectivity index (χ1) is 16.9. The number of hydrogen-bond donors (Lipinski definition) is 1. The van der Waals surface area contributed by atoms with Crippen LogP contribution in [-0.4, -0.2) is 65.3 Å². The summed E-state index contributed by atoms with van der Waals surface area (Å²) in [5.74, 6) is -0.720. The van der Waals surface area contributed by atoms with Crippen LogP contribution in [0.1, 0.15) is 16.1 Å². The van der Waals surface area contributed by atoms with Gasteiger partial charge >= 0.3 is 5.97 Å². The van der Waals surface area contributed by atoms with E-state index in [0.29, 0.717) is 43.7 Å². The van der Waals surface area contributed by atoms with Crippen molar-refractivity contribution < 1.29 is 28.2 Å². The van der Waals surface area contributed by atoms with Crippen LogP contribution in [0.4, 0.5) is 14.7 Å². The zero-order chi connectivity index (χ0) is 24.8. The summed E-state index contributed by atoms with van der Waals surface area (Å²) in [7, 11) is 0. The van der Waals surface area contributed by atoms with Crippen LogP contribution in [0.2, 0.25) is 5.02 Å². The van der Waals surface area contributed by atoms with Crippen molar-refractivity contribution in [2.24, 2.45) is 0 Å². The van der Waals surface area contributed by atoms with E-state index < -0.39 is 11.8 Å². The summed E-state index contributed by atoms with van der Waals surface area (Å²) in [5, 5.41) is 9.41. The van der Waals surface area contributed by atoms with E-state index in [4.69, 9.17) is 21.1 Å². The summed E-state index contributed by atoms with van der Waals surface area (Å²) in [6.45, 7) is 3.84. The van der Waals surface area contributed by atoms with E-state index in [1.807, 2.05) is 4.90 Å². The molecule has 2 aromatic carbocycles. The Hall–Kier alpha value is -3.50. The normalized spacial score (nSPS) is 14.1. The minimum absolute atomic E-state index is 0.0708. The fraction of sp³-hybridized carbons (Fsp3) is 0.292. The summed E-state index contributed by atoms with van der Waals surface area (Å²) >= 11 is 5.78. The Morgan fingerprint density at radius 2 is 1.74 bits per heavy atom. The molecule has 1 aromatic heterocycles. The molecule has 1 aliphatic rings. The van der Waals surface area contributed by atoms with Gasteiger partial charge in [0.15, 0.2) is 0 Å². The van der Waals surface area contributed by atoms with Crippen LogP contribution >= 0.6 is 11.6 Å². The molecule has 8 nitrogen and oxygen atoms in total. The van der Waals surface area contributed by atoms with Crippen LogP contribution in [0, 0.1) is 11.6 Å². The number of aromatic carboxylic acids is 1. The van der Waals surface area contributed by atoms with Gasteiger partial charge in [0.25, 0.3) is 0 Å². The summed E-state index contributed by atoms with van der Waals surface area (Å²) < 4.78 is 37.6. The van der Waals surface area contributed by atoms with Crippen molar-refractivity contribution in [2.45, 2.75) is 6.61 Å². The molecule has 1 fully saturated rings. The molecule has 0 saturated carbocycles. The zero-order valence-electron chi connectivity index (χ0n) is 18.7. The van der Waals surface area contributed by atoms with Crippen molar-refractivity contribution in [1.29, 1.82) is 0 Å². The van der Waals surface area contributed by atoms with Crippen LogP contribution in [0.3, 0.4) is 0 Å². The number of piperazine rings is 1. The van der Waals surface area contributed by atoms with E-state index in [1.54, 1.807) is 12.1 Å². The Labute approximate surface area is 205 Å². The van der Waals surface area contributed by atoms with E-state index in [0.717, 1.165) is 13.1 Å². The third-order valence-corrected chi connectivity index (χ3v) is 5.79. The van der Waals surface area contributed by atoms with E-state index in [2.05, 4.69) is 14.9 Å². The molecule has 1 saturated heterocycles. The average molecular weight is 505 g/mol.